The number of oxime groups is 1. The Labute approximate surface area is 106 Å². The van der Waals surface area contributed by atoms with E-state index in [0.29, 0.717) is 12.1 Å². The molecule has 0 aliphatic rings. The van der Waals surface area contributed by atoms with Gasteiger partial charge in [-0.1, -0.05) is 59.8 Å². The molecule has 18 heavy (non-hydrogen) atoms. The normalized spacial score (nSPS) is 11.5. The third-order valence-corrected chi connectivity index (χ3v) is 2.80. The van der Waals surface area contributed by atoms with E-state index in [1.807, 2.05) is 54.6 Å². The molecule has 0 atom stereocenters. The Hall–Kier alpha value is -2.13. The summed E-state index contributed by atoms with van der Waals surface area (Å²) in [6.07, 6.45) is 0.544. The summed E-state index contributed by atoms with van der Waals surface area (Å²) in [4.78, 5) is 0. The maximum absolute atomic E-state index is 9.25. The molecule has 3 heteroatoms. The van der Waals surface area contributed by atoms with E-state index in [2.05, 4.69) is 5.16 Å². The number of nitrogens with zero attached hydrogens (tertiary/aromatic N) is 1. The minimum atomic E-state index is 0.0739. The Morgan fingerprint density at radius 1 is 0.944 bits per heavy atom. The lowest BCUT2D eigenvalue weighted by molar-refractivity contribution is 0.299. The van der Waals surface area contributed by atoms with E-state index in [1.54, 1.807) is 0 Å². The molecule has 2 aromatic rings. The van der Waals surface area contributed by atoms with Gasteiger partial charge in [-0.3, -0.25) is 0 Å². The Kier molecular flexibility index (Phi) is 4.10. The van der Waals surface area contributed by atoms with E-state index >= 15 is 0 Å². The summed E-state index contributed by atoms with van der Waals surface area (Å²) in [5.74, 6) is 0. The van der Waals surface area contributed by atoms with Crippen LogP contribution in [0.3, 0.4) is 0 Å². The Morgan fingerprint density at radius 2 is 1.61 bits per heavy atom. The number of hydrogen-bond acceptors (Lipinski definition) is 3. The van der Waals surface area contributed by atoms with Crippen molar-refractivity contribution >= 4 is 5.71 Å². The van der Waals surface area contributed by atoms with E-state index in [4.69, 9.17) is 5.11 Å². The molecule has 2 rings (SSSR count). The Morgan fingerprint density at radius 3 is 2.28 bits per heavy atom. The monoisotopic (exact) mass is 241 g/mol. The van der Waals surface area contributed by atoms with Gasteiger partial charge in [-0.15, -0.1) is 0 Å². The summed E-state index contributed by atoms with van der Waals surface area (Å²) < 4.78 is 0. The number of benzene rings is 2. The first kappa shape index (κ1) is 12.3. The quantitative estimate of drug-likeness (QED) is 0.491. The topological polar surface area (TPSA) is 52.8 Å². The molecule has 0 bridgehead atoms. The highest BCUT2D eigenvalue weighted by Crippen LogP contribution is 2.16. The van der Waals surface area contributed by atoms with Gasteiger partial charge in [0.2, 0.25) is 0 Å². The van der Waals surface area contributed by atoms with Gasteiger partial charge in [0, 0.05) is 17.7 Å². The lowest BCUT2D eigenvalue weighted by Gasteiger charge is -2.10. The van der Waals surface area contributed by atoms with Crippen molar-refractivity contribution in [2.24, 2.45) is 5.16 Å². The highest BCUT2D eigenvalue weighted by molar-refractivity contribution is 6.13. The summed E-state index contributed by atoms with van der Waals surface area (Å²) in [7, 11) is 0. The van der Waals surface area contributed by atoms with Gasteiger partial charge in [-0.25, -0.2) is 0 Å². The molecule has 0 aliphatic carbocycles. The van der Waals surface area contributed by atoms with Crippen LogP contribution in [0.2, 0.25) is 0 Å². The van der Waals surface area contributed by atoms with Crippen molar-refractivity contribution in [1.29, 1.82) is 0 Å². The van der Waals surface area contributed by atoms with Gasteiger partial charge in [-0.05, 0) is 12.0 Å². The summed E-state index contributed by atoms with van der Waals surface area (Å²) >= 11 is 0. The lowest BCUT2D eigenvalue weighted by Crippen LogP contribution is -2.08. The molecule has 0 saturated heterocycles. The molecule has 0 unspecified atom stereocenters. The van der Waals surface area contributed by atoms with Crippen molar-refractivity contribution in [3.63, 3.8) is 0 Å². The molecule has 92 valence electrons. The average molecular weight is 241 g/mol. The molecular formula is C15H15NO2. The van der Waals surface area contributed by atoms with Crippen molar-refractivity contribution < 1.29 is 10.3 Å². The Balaban J connectivity index is 2.46. The molecule has 0 fully saturated rings. The van der Waals surface area contributed by atoms with Gasteiger partial charge < -0.3 is 10.3 Å². The van der Waals surface area contributed by atoms with Crippen molar-refractivity contribution in [2.45, 2.75) is 6.42 Å². The van der Waals surface area contributed by atoms with Crippen LogP contribution in [0, 0.1) is 0 Å². The summed E-state index contributed by atoms with van der Waals surface area (Å²) in [6, 6.07) is 17.1. The van der Waals surface area contributed by atoms with Gasteiger partial charge in [0.05, 0.1) is 0 Å². The number of aliphatic hydroxyl groups excluding tert-OH is 1. The predicted octanol–water partition coefficient (Wildman–Crippen LogP) is 2.45. The predicted molar refractivity (Wildman–Crippen MR) is 71.1 cm³/mol. The highest BCUT2D eigenvalue weighted by atomic mass is 16.4. The van der Waals surface area contributed by atoms with Crippen LogP contribution in [0.15, 0.2) is 59.8 Å². The zero-order chi connectivity index (χ0) is 12.8. The molecule has 3 nitrogen and oxygen atoms in total. The van der Waals surface area contributed by atoms with Crippen LogP contribution in [-0.2, 0) is 6.42 Å². The molecule has 0 aromatic heterocycles. The van der Waals surface area contributed by atoms with Crippen molar-refractivity contribution in [2.75, 3.05) is 6.61 Å². The van der Waals surface area contributed by atoms with Crippen LogP contribution in [-0.4, -0.2) is 22.6 Å². The molecule has 0 amide bonds. The number of aliphatic hydroxyl groups is 1. The molecule has 2 aromatic carbocycles. The van der Waals surface area contributed by atoms with E-state index in [0.717, 1.165) is 16.7 Å². The summed E-state index contributed by atoms with van der Waals surface area (Å²) in [5, 5.41) is 21.7. The van der Waals surface area contributed by atoms with E-state index in [1.165, 1.54) is 0 Å². The zero-order valence-corrected chi connectivity index (χ0v) is 9.95. The first-order chi connectivity index (χ1) is 8.86. The molecule has 0 aliphatic heterocycles. The van der Waals surface area contributed by atoms with E-state index in [-0.39, 0.29) is 6.61 Å². The van der Waals surface area contributed by atoms with Crippen LogP contribution < -0.4 is 0 Å². The van der Waals surface area contributed by atoms with Crippen LogP contribution in [0.1, 0.15) is 16.7 Å². The van der Waals surface area contributed by atoms with Gasteiger partial charge in [0.15, 0.2) is 0 Å². The third kappa shape index (κ3) is 2.57. The second-order valence-electron chi connectivity index (χ2n) is 3.95. The average Bonchev–Trinajstić information content (AvgIpc) is 2.43. The first-order valence-corrected chi connectivity index (χ1v) is 5.83. The summed E-state index contributed by atoms with van der Waals surface area (Å²) in [6.45, 7) is 0.0739. The van der Waals surface area contributed by atoms with Crippen LogP contribution in [0.5, 0.6) is 0 Å². The maximum atomic E-state index is 9.25. The van der Waals surface area contributed by atoms with Gasteiger partial charge >= 0.3 is 0 Å². The van der Waals surface area contributed by atoms with Crippen LogP contribution in [0.4, 0.5) is 0 Å². The molecule has 0 heterocycles. The molecule has 0 spiro atoms. The largest absolute Gasteiger partial charge is 0.410 e. The maximum Gasteiger partial charge on any atom is 0.117 e. The van der Waals surface area contributed by atoms with Crippen LogP contribution >= 0.6 is 0 Å². The fraction of sp³-hybridized carbons (Fsp3) is 0.133. The zero-order valence-electron chi connectivity index (χ0n) is 9.95. The molecule has 0 radical (unpaired) electrons. The minimum Gasteiger partial charge on any atom is -0.410 e. The lowest BCUT2D eigenvalue weighted by atomic mass is 9.96. The van der Waals surface area contributed by atoms with E-state index in [9.17, 15) is 5.21 Å². The number of hydrogen-bond donors (Lipinski definition) is 2. The summed E-state index contributed by atoms with van der Waals surface area (Å²) in [5.41, 5.74) is 3.20. The standard InChI is InChI=1S/C15H15NO2/c17-11-10-12-6-4-5-9-14(12)15(16-18)13-7-2-1-3-8-13/h1-9,17-18H,10-11H2. The third-order valence-electron chi connectivity index (χ3n) is 2.80. The first-order valence-electron chi connectivity index (χ1n) is 5.83. The van der Waals surface area contributed by atoms with Crippen molar-refractivity contribution in [1.82, 2.24) is 0 Å². The molecule has 0 saturated carbocycles. The van der Waals surface area contributed by atoms with Gasteiger partial charge in [0.25, 0.3) is 0 Å². The van der Waals surface area contributed by atoms with E-state index < -0.39 is 0 Å². The molecular weight excluding hydrogens is 226 g/mol. The van der Waals surface area contributed by atoms with Crippen molar-refractivity contribution in [3.05, 3.63) is 71.3 Å². The van der Waals surface area contributed by atoms with Gasteiger partial charge in [0.1, 0.15) is 5.71 Å². The second kappa shape index (κ2) is 5.98. The number of rotatable bonds is 4. The minimum absolute atomic E-state index is 0.0739. The highest BCUT2D eigenvalue weighted by Gasteiger charge is 2.11. The fourth-order valence-corrected chi connectivity index (χ4v) is 1.95. The van der Waals surface area contributed by atoms with Gasteiger partial charge in [-0.2, -0.15) is 0 Å². The fourth-order valence-electron chi connectivity index (χ4n) is 1.95. The Bertz CT molecular complexity index is 535. The smallest absolute Gasteiger partial charge is 0.117 e. The second-order valence-corrected chi connectivity index (χ2v) is 3.95. The van der Waals surface area contributed by atoms with Crippen LogP contribution in [0.25, 0.3) is 0 Å². The SMILES string of the molecule is OCCc1ccccc1C(=NO)c1ccccc1. The van der Waals surface area contributed by atoms with Crippen molar-refractivity contribution in [3.8, 4) is 0 Å². The molecule has 2 N–H and O–H groups in total.